The van der Waals surface area contributed by atoms with E-state index in [0.29, 0.717) is 0 Å². The van der Waals surface area contributed by atoms with Crippen LogP contribution >= 0.6 is 0 Å². The fraction of sp³-hybridized carbons (Fsp3) is 0.727. The van der Waals surface area contributed by atoms with Gasteiger partial charge in [-0.3, -0.25) is 4.68 Å². The molecule has 0 radical (unpaired) electrons. The third-order valence-electron chi connectivity index (χ3n) is 2.39. The molecule has 4 heteroatoms. The van der Waals surface area contributed by atoms with Crippen LogP contribution in [-0.4, -0.2) is 30.0 Å². The van der Waals surface area contributed by atoms with Crippen molar-refractivity contribution in [2.45, 2.75) is 33.4 Å². The molecule has 1 N–H and O–H groups in total. The Morgan fingerprint density at radius 1 is 1.53 bits per heavy atom. The Morgan fingerprint density at radius 3 is 2.93 bits per heavy atom. The van der Waals surface area contributed by atoms with Crippen LogP contribution < -0.4 is 5.32 Å². The van der Waals surface area contributed by atoms with Crippen molar-refractivity contribution in [2.75, 3.05) is 20.3 Å². The number of nitrogens with zero attached hydrogens (tertiary/aromatic N) is 2. The van der Waals surface area contributed by atoms with Gasteiger partial charge in [-0.1, -0.05) is 0 Å². The molecule has 0 saturated carbocycles. The van der Waals surface area contributed by atoms with Crippen LogP contribution in [0.2, 0.25) is 0 Å². The van der Waals surface area contributed by atoms with Gasteiger partial charge in [-0.05, 0) is 26.8 Å². The quantitative estimate of drug-likeness (QED) is 0.692. The zero-order valence-electron chi connectivity index (χ0n) is 9.92. The van der Waals surface area contributed by atoms with Crippen LogP contribution in [0, 0.1) is 6.92 Å². The van der Waals surface area contributed by atoms with Gasteiger partial charge >= 0.3 is 0 Å². The van der Waals surface area contributed by atoms with Gasteiger partial charge in [0.25, 0.3) is 0 Å². The van der Waals surface area contributed by atoms with Crippen molar-refractivity contribution >= 4 is 0 Å². The summed E-state index contributed by atoms with van der Waals surface area (Å²) in [5, 5.41) is 7.78. The van der Waals surface area contributed by atoms with E-state index < -0.39 is 0 Å². The minimum Gasteiger partial charge on any atom is -0.385 e. The molecule has 4 nitrogen and oxygen atoms in total. The van der Waals surface area contributed by atoms with Crippen molar-refractivity contribution in [3.8, 4) is 0 Å². The Bertz CT molecular complexity index is 283. The summed E-state index contributed by atoms with van der Waals surface area (Å²) in [5.74, 6) is 0. The molecule has 0 spiro atoms. The highest BCUT2D eigenvalue weighted by molar-refractivity contribution is 5.14. The van der Waals surface area contributed by atoms with Gasteiger partial charge < -0.3 is 10.1 Å². The first-order valence-corrected chi connectivity index (χ1v) is 5.50. The predicted molar refractivity (Wildman–Crippen MR) is 60.8 cm³/mol. The van der Waals surface area contributed by atoms with Gasteiger partial charge in [0.15, 0.2) is 0 Å². The Labute approximate surface area is 91.6 Å². The van der Waals surface area contributed by atoms with E-state index in [4.69, 9.17) is 4.74 Å². The standard InChI is InChI=1S/C11H21N3O/c1-4-14-9-11(10(2)13-14)8-12-6-5-7-15-3/h9,12H,4-8H2,1-3H3. The van der Waals surface area contributed by atoms with Crippen molar-refractivity contribution < 1.29 is 4.74 Å². The molecule has 0 bridgehead atoms. The number of hydrogen-bond acceptors (Lipinski definition) is 3. The average Bonchev–Trinajstić information content (AvgIpc) is 2.59. The fourth-order valence-corrected chi connectivity index (χ4v) is 1.46. The predicted octanol–water partition coefficient (Wildman–Crippen LogP) is 1.34. The lowest BCUT2D eigenvalue weighted by molar-refractivity contribution is 0.194. The van der Waals surface area contributed by atoms with Gasteiger partial charge in [0.05, 0.1) is 5.69 Å². The maximum absolute atomic E-state index is 4.98. The van der Waals surface area contributed by atoms with Crippen molar-refractivity contribution in [3.05, 3.63) is 17.5 Å². The molecule has 0 aliphatic heterocycles. The lowest BCUT2D eigenvalue weighted by atomic mass is 10.2. The largest absolute Gasteiger partial charge is 0.385 e. The molecule has 0 saturated heterocycles. The summed E-state index contributed by atoms with van der Waals surface area (Å²) in [6.45, 7) is 7.80. The van der Waals surface area contributed by atoms with Crippen LogP contribution in [-0.2, 0) is 17.8 Å². The van der Waals surface area contributed by atoms with Crippen molar-refractivity contribution in [2.24, 2.45) is 0 Å². The minimum atomic E-state index is 0.820. The van der Waals surface area contributed by atoms with E-state index in [-0.39, 0.29) is 0 Å². The number of ether oxygens (including phenoxy) is 1. The molecule has 0 aromatic carbocycles. The zero-order valence-corrected chi connectivity index (χ0v) is 9.92. The zero-order chi connectivity index (χ0) is 11.1. The fourth-order valence-electron chi connectivity index (χ4n) is 1.46. The van der Waals surface area contributed by atoms with E-state index >= 15 is 0 Å². The first-order chi connectivity index (χ1) is 7.27. The van der Waals surface area contributed by atoms with E-state index in [1.54, 1.807) is 7.11 Å². The average molecular weight is 211 g/mol. The molecular weight excluding hydrogens is 190 g/mol. The Hall–Kier alpha value is -0.870. The highest BCUT2D eigenvalue weighted by atomic mass is 16.5. The molecule has 0 amide bonds. The van der Waals surface area contributed by atoms with Crippen LogP contribution in [0.5, 0.6) is 0 Å². The van der Waals surface area contributed by atoms with Crippen LogP contribution in [0.4, 0.5) is 0 Å². The van der Waals surface area contributed by atoms with E-state index in [0.717, 1.165) is 38.4 Å². The van der Waals surface area contributed by atoms with Crippen LogP contribution in [0.25, 0.3) is 0 Å². The molecule has 15 heavy (non-hydrogen) atoms. The smallest absolute Gasteiger partial charge is 0.0638 e. The number of methoxy groups -OCH3 is 1. The Kier molecular flexibility index (Phi) is 5.36. The summed E-state index contributed by atoms with van der Waals surface area (Å²) < 4.78 is 6.96. The second kappa shape index (κ2) is 6.58. The van der Waals surface area contributed by atoms with E-state index in [9.17, 15) is 0 Å². The number of aryl methyl sites for hydroxylation is 2. The third kappa shape index (κ3) is 4.01. The molecule has 0 unspecified atom stereocenters. The van der Waals surface area contributed by atoms with Gasteiger partial charge in [-0.15, -0.1) is 0 Å². The number of nitrogens with one attached hydrogen (secondary N) is 1. The van der Waals surface area contributed by atoms with Gasteiger partial charge in [0, 0.05) is 38.6 Å². The van der Waals surface area contributed by atoms with Gasteiger partial charge in [-0.25, -0.2) is 0 Å². The second-order valence-corrected chi connectivity index (χ2v) is 3.62. The molecule has 1 heterocycles. The topological polar surface area (TPSA) is 39.1 Å². The number of rotatable bonds is 7. The summed E-state index contributed by atoms with van der Waals surface area (Å²) >= 11 is 0. The molecular formula is C11H21N3O. The first-order valence-electron chi connectivity index (χ1n) is 5.50. The Balaban J connectivity index is 2.27. The lowest BCUT2D eigenvalue weighted by Crippen LogP contribution is -2.16. The molecule has 0 atom stereocenters. The number of aromatic nitrogens is 2. The molecule has 1 aromatic heterocycles. The van der Waals surface area contributed by atoms with Gasteiger partial charge in [0.1, 0.15) is 0 Å². The van der Waals surface area contributed by atoms with Crippen LogP contribution in [0.3, 0.4) is 0 Å². The minimum absolute atomic E-state index is 0.820. The molecule has 86 valence electrons. The third-order valence-corrected chi connectivity index (χ3v) is 2.39. The summed E-state index contributed by atoms with van der Waals surface area (Å²) in [5.41, 5.74) is 2.41. The normalized spacial score (nSPS) is 10.9. The molecule has 1 aromatic rings. The van der Waals surface area contributed by atoms with Crippen molar-refractivity contribution in [1.29, 1.82) is 0 Å². The second-order valence-electron chi connectivity index (χ2n) is 3.62. The highest BCUT2D eigenvalue weighted by Gasteiger charge is 2.02. The summed E-state index contributed by atoms with van der Waals surface area (Å²) in [4.78, 5) is 0. The summed E-state index contributed by atoms with van der Waals surface area (Å²) in [7, 11) is 1.73. The van der Waals surface area contributed by atoms with E-state index in [2.05, 4.69) is 30.5 Å². The van der Waals surface area contributed by atoms with Gasteiger partial charge in [-0.2, -0.15) is 5.10 Å². The maximum Gasteiger partial charge on any atom is 0.0638 e. The molecule has 1 rings (SSSR count). The molecule has 0 aliphatic carbocycles. The SMILES string of the molecule is CCn1cc(CNCCCOC)c(C)n1. The maximum atomic E-state index is 4.98. The van der Waals surface area contributed by atoms with Crippen LogP contribution in [0.15, 0.2) is 6.20 Å². The van der Waals surface area contributed by atoms with Crippen molar-refractivity contribution in [3.63, 3.8) is 0 Å². The lowest BCUT2D eigenvalue weighted by Gasteiger charge is -2.02. The summed E-state index contributed by atoms with van der Waals surface area (Å²) in [6.07, 6.45) is 3.16. The van der Waals surface area contributed by atoms with Gasteiger partial charge in [0.2, 0.25) is 0 Å². The van der Waals surface area contributed by atoms with E-state index in [1.807, 2.05) is 4.68 Å². The molecule has 0 fully saturated rings. The van der Waals surface area contributed by atoms with Crippen LogP contribution in [0.1, 0.15) is 24.6 Å². The number of hydrogen-bond donors (Lipinski definition) is 1. The van der Waals surface area contributed by atoms with E-state index in [1.165, 1.54) is 5.56 Å². The summed E-state index contributed by atoms with van der Waals surface area (Å²) in [6, 6.07) is 0. The Morgan fingerprint density at radius 2 is 2.33 bits per heavy atom. The van der Waals surface area contributed by atoms with Crippen molar-refractivity contribution in [1.82, 2.24) is 15.1 Å². The first kappa shape index (κ1) is 12.2. The highest BCUT2D eigenvalue weighted by Crippen LogP contribution is 2.04. The monoisotopic (exact) mass is 211 g/mol. The molecule has 0 aliphatic rings.